The third-order valence-electron chi connectivity index (χ3n) is 4.04. The van der Waals surface area contributed by atoms with Gasteiger partial charge in [0.25, 0.3) is 5.56 Å². The van der Waals surface area contributed by atoms with E-state index in [0.29, 0.717) is 11.9 Å². The number of aryl methyl sites for hydroxylation is 1. The van der Waals surface area contributed by atoms with Gasteiger partial charge in [-0.3, -0.25) is 9.69 Å². The molecule has 0 aliphatic carbocycles. The lowest BCUT2D eigenvalue weighted by Crippen LogP contribution is -2.32. The number of aromatic nitrogens is 2. The smallest absolute Gasteiger partial charge is 0.406 e. The minimum atomic E-state index is -4.71. The highest BCUT2D eigenvalue weighted by atomic mass is 19.4. The molecule has 0 saturated carbocycles. The van der Waals surface area contributed by atoms with E-state index in [0.717, 1.165) is 16.6 Å². The van der Waals surface area contributed by atoms with Gasteiger partial charge in [0.2, 0.25) is 0 Å². The molecule has 27 heavy (non-hydrogen) atoms. The van der Waals surface area contributed by atoms with E-state index < -0.39 is 6.36 Å². The summed E-state index contributed by atoms with van der Waals surface area (Å²) >= 11 is 0. The Labute approximate surface area is 153 Å². The fourth-order valence-electron chi connectivity index (χ4n) is 2.89. The van der Waals surface area contributed by atoms with Crippen LogP contribution in [0, 0.1) is 6.92 Å². The summed E-state index contributed by atoms with van der Waals surface area (Å²) in [5.41, 5.74) is 1.36. The zero-order chi connectivity index (χ0) is 19.6. The van der Waals surface area contributed by atoms with Crippen LogP contribution >= 0.6 is 0 Å². The molecule has 1 aromatic heterocycles. The van der Waals surface area contributed by atoms with Crippen LogP contribution < -0.4 is 10.3 Å². The van der Waals surface area contributed by atoms with E-state index in [4.69, 9.17) is 0 Å². The number of fused-ring (bicyclic) bond motifs is 1. The van der Waals surface area contributed by atoms with Gasteiger partial charge in [0.05, 0.1) is 17.7 Å². The first-order valence-electron chi connectivity index (χ1n) is 8.22. The van der Waals surface area contributed by atoms with Gasteiger partial charge in [0.15, 0.2) is 0 Å². The molecule has 0 radical (unpaired) electrons. The van der Waals surface area contributed by atoms with Gasteiger partial charge in [0.1, 0.15) is 5.75 Å². The molecule has 0 saturated heterocycles. The van der Waals surface area contributed by atoms with Crippen molar-refractivity contribution in [2.75, 3.05) is 7.05 Å². The number of hydrogen-bond acceptors (Lipinski definition) is 4. The summed E-state index contributed by atoms with van der Waals surface area (Å²) in [6, 6.07) is 12.9. The molecule has 3 aromatic rings. The molecule has 0 bridgehead atoms. The maximum absolute atomic E-state index is 12.6. The molecule has 0 atom stereocenters. The molecule has 0 aliphatic heterocycles. The molecular weight excluding hydrogens is 359 g/mol. The number of halogens is 3. The second-order valence-corrected chi connectivity index (χ2v) is 6.28. The van der Waals surface area contributed by atoms with Gasteiger partial charge in [-0.05, 0) is 37.7 Å². The molecule has 1 heterocycles. The van der Waals surface area contributed by atoms with E-state index >= 15 is 0 Å². The van der Waals surface area contributed by atoms with Crippen molar-refractivity contribution in [2.24, 2.45) is 0 Å². The van der Waals surface area contributed by atoms with Gasteiger partial charge in [-0.25, -0.2) is 4.68 Å². The Balaban J connectivity index is 1.73. The number of hydrogen-bond donors (Lipinski definition) is 0. The second-order valence-electron chi connectivity index (χ2n) is 6.28. The molecule has 0 spiro atoms. The highest BCUT2D eigenvalue weighted by Crippen LogP contribution is 2.23. The van der Waals surface area contributed by atoms with Gasteiger partial charge in [0, 0.05) is 11.9 Å². The van der Waals surface area contributed by atoms with Crippen LogP contribution in [-0.4, -0.2) is 28.1 Å². The number of benzene rings is 2. The lowest BCUT2D eigenvalue weighted by atomic mass is 10.1. The van der Waals surface area contributed by atoms with E-state index in [2.05, 4.69) is 9.84 Å². The molecule has 142 valence electrons. The Hall–Kier alpha value is -2.87. The fourth-order valence-corrected chi connectivity index (χ4v) is 2.89. The van der Waals surface area contributed by atoms with Crippen molar-refractivity contribution < 1.29 is 17.9 Å². The Morgan fingerprint density at radius 2 is 1.70 bits per heavy atom. The number of alkyl halides is 3. The Morgan fingerprint density at radius 1 is 1.07 bits per heavy atom. The fraction of sp³-hybridized carbons (Fsp3) is 0.263. The van der Waals surface area contributed by atoms with Gasteiger partial charge >= 0.3 is 6.36 Å². The molecule has 0 aliphatic rings. The normalized spacial score (nSPS) is 11.9. The lowest BCUT2D eigenvalue weighted by Gasteiger charge is -2.18. The number of ether oxygens (including phenoxy) is 1. The standard InChI is InChI=1S/C19H18F3N3O2/c1-13-16-5-3-4-6-17(16)18(26)25(23-13)12-24(2)11-14-7-9-15(10-8-14)27-19(20,21)22/h3-10H,11-12H2,1-2H3. The van der Waals surface area contributed by atoms with Crippen molar-refractivity contribution >= 4 is 10.8 Å². The number of rotatable bonds is 5. The van der Waals surface area contributed by atoms with Crippen molar-refractivity contribution in [1.82, 2.24) is 14.7 Å². The monoisotopic (exact) mass is 377 g/mol. The summed E-state index contributed by atoms with van der Waals surface area (Å²) in [4.78, 5) is 14.4. The van der Waals surface area contributed by atoms with E-state index in [1.807, 2.05) is 30.0 Å². The average Bonchev–Trinajstić information content (AvgIpc) is 2.60. The first-order chi connectivity index (χ1) is 12.7. The predicted octanol–water partition coefficient (Wildman–Crippen LogP) is 3.69. The lowest BCUT2D eigenvalue weighted by molar-refractivity contribution is -0.274. The van der Waals surface area contributed by atoms with Crippen LogP contribution in [0.5, 0.6) is 5.75 Å². The quantitative estimate of drug-likeness (QED) is 0.680. The van der Waals surface area contributed by atoms with E-state index in [1.165, 1.54) is 16.8 Å². The molecule has 3 rings (SSSR count). The van der Waals surface area contributed by atoms with Crippen LogP contribution in [0.4, 0.5) is 13.2 Å². The van der Waals surface area contributed by atoms with Gasteiger partial charge in [-0.1, -0.05) is 30.3 Å². The molecule has 2 aromatic carbocycles. The first-order valence-corrected chi connectivity index (χ1v) is 8.22. The summed E-state index contributed by atoms with van der Waals surface area (Å²) in [7, 11) is 1.80. The van der Waals surface area contributed by atoms with Crippen molar-refractivity contribution in [3.8, 4) is 5.75 Å². The van der Waals surface area contributed by atoms with Crippen LogP contribution in [0.3, 0.4) is 0 Å². The van der Waals surface area contributed by atoms with Crippen LogP contribution in [0.1, 0.15) is 11.3 Å². The maximum Gasteiger partial charge on any atom is 0.573 e. The van der Waals surface area contributed by atoms with Crippen LogP contribution in [0.15, 0.2) is 53.3 Å². The maximum atomic E-state index is 12.6. The molecule has 0 N–H and O–H groups in total. The third-order valence-corrected chi connectivity index (χ3v) is 4.04. The number of nitrogens with zero attached hydrogens (tertiary/aromatic N) is 3. The van der Waals surface area contributed by atoms with Crippen LogP contribution in [-0.2, 0) is 13.2 Å². The molecule has 0 unspecified atom stereocenters. The first kappa shape index (κ1) is 18.9. The minimum absolute atomic E-state index is 0.183. The Kier molecular flexibility index (Phi) is 5.18. The average molecular weight is 377 g/mol. The van der Waals surface area contributed by atoms with Crippen molar-refractivity contribution in [3.05, 3.63) is 70.1 Å². The highest BCUT2D eigenvalue weighted by molar-refractivity contribution is 5.83. The zero-order valence-corrected chi connectivity index (χ0v) is 14.8. The Bertz CT molecular complexity index is 998. The van der Waals surface area contributed by atoms with Crippen molar-refractivity contribution in [2.45, 2.75) is 26.5 Å². The van der Waals surface area contributed by atoms with Crippen LogP contribution in [0.2, 0.25) is 0 Å². The molecule has 0 amide bonds. The summed E-state index contributed by atoms with van der Waals surface area (Å²) < 4.78 is 41.9. The summed E-state index contributed by atoms with van der Waals surface area (Å²) in [5.74, 6) is -0.267. The van der Waals surface area contributed by atoms with Gasteiger partial charge in [-0.2, -0.15) is 5.10 Å². The van der Waals surface area contributed by atoms with Crippen molar-refractivity contribution in [1.29, 1.82) is 0 Å². The predicted molar refractivity (Wildman–Crippen MR) is 95.3 cm³/mol. The topological polar surface area (TPSA) is 47.4 Å². The Morgan fingerprint density at radius 3 is 2.33 bits per heavy atom. The third kappa shape index (κ3) is 4.65. The highest BCUT2D eigenvalue weighted by Gasteiger charge is 2.30. The summed E-state index contributed by atoms with van der Waals surface area (Å²) in [6.07, 6.45) is -4.71. The molecule has 0 fully saturated rings. The molecule has 8 heteroatoms. The largest absolute Gasteiger partial charge is 0.573 e. The SMILES string of the molecule is Cc1nn(CN(C)Cc2ccc(OC(F)(F)F)cc2)c(=O)c2ccccc12. The van der Waals surface area contributed by atoms with Gasteiger partial charge in [-0.15, -0.1) is 13.2 Å². The summed E-state index contributed by atoms with van der Waals surface area (Å²) in [5, 5.41) is 5.78. The van der Waals surface area contributed by atoms with Crippen LogP contribution in [0.25, 0.3) is 10.8 Å². The van der Waals surface area contributed by atoms with E-state index in [1.54, 1.807) is 25.2 Å². The zero-order valence-electron chi connectivity index (χ0n) is 14.8. The molecular formula is C19H18F3N3O2. The minimum Gasteiger partial charge on any atom is -0.406 e. The van der Waals surface area contributed by atoms with E-state index in [9.17, 15) is 18.0 Å². The van der Waals surface area contributed by atoms with Crippen molar-refractivity contribution in [3.63, 3.8) is 0 Å². The van der Waals surface area contributed by atoms with E-state index in [-0.39, 0.29) is 18.0 Å². The summed E-state index contributed by atoms with van der Waals surface area (Å²) in [6.45, 7) is 2.54. The molecule has 5 nitrogen and oxygen atoms in total. The van der Waals surface area contributed by atoms with Gasteiger partial charge < -0.3 is 4.74 Å². The second kappa shape index (κ2) is 7.40.